The third-order valence-corrected chi connectivity index (χ3v) is 8.86. The SMILES string of the molecule is COc1ccc(N2CCN(C(=O)COc3ccc(S(=O)(=O)N4CCc5ccccc54)cc3Cl)CC2)cc1. The number of rotatable bonds is 7. The minimum Gasteiger partial charge on any atom is -0.497 e. The molecule has 5 rings (SSSR count). The molecular formula is C27H28ClN3O5S. The summed E-state index contributed by atoms with van der Waals surface area (Å²) in [7, 11) is -2.13. The number of halogens is 1. The second kappa shape index (κ2) is 10.5. The van der Waals surface area contributed by atoms with Crippen molar-refractivity contribution in [3.63, 3.8) is 0 Å². The fraction of sp³-hybridized carbons (Fsp3) is 0.296. The zero-order valence-corrected chi connectivity index (χ0v) is 22.0. The topological polar surface area (TPSA) is 79.4 Å². The van der Waals surface area contributed by atoms with E-state index < -0.39 is 10.0 Å². The van der Waals surface area contributed by atoms with Crippen LogP contribution in [0.1, 0.15) is 5.56 Å². The van der Waals surface area contributed by atoms with Gasteiger partial charge in [0.25, 0.3) is 15.9 Å². The molecule has 0 aliphatic carbocycles. The number of sulfonamides is 1. The number of carbonyl (C=O) groups is 1. The summed E-state index contributed by atoms with van der Waals surface area (Å²) in [5, 5.41) is 0.144. The van der Waals surface area contributed by atoms with Gasteiger partial charge in [0, 0.05) is 38.4 Å². The van der Waals surface area contributed by atoms with E-state index in [0.717, 1.165) is 17.0 Å². The molecule has 37 heavy (non-hydrogen) atoms. The van der Waals surface area contributed by atoms with Crippen LogP contribution in [0, 0.1) is 0 Å². The minimum absolute atomic E-state index is 0.0857. The van der Waals surface area contributed by atoms with Gasteiger partial charge >= 0.3 is 0 Å². The van der Waals surface area contributed by atoms with Crippen LogP contribution >= 0.6 is 11.6 Å². The van der Waals surface area contributed by atoms with E-state index >= 15 is 0 Å². The molecule has 0 N–H and O–H groups in total. The van der Waals surface area contributed by atoms with Crippen molar-refractivity contribution in [2.24, 2.45) is 0 Å². The van der Waals surface area contributed by atoms with Gasteiger partial charge < -0.3 is 19.3 Å². The number of nitrogens with zero attached hydrogens (tertiary/aromatic N) is 3. The molecule has 0 unspecified atom stereocenters. The van der Waals surface area contributed by atoms with Crippen LogP contribution in [0.3, 0.4) is 0 Å². The van der Waals surface area contributed by atoms with Gasteiger partial charge in [-0.1, -0.05) is 29.8 Å². The maximum absolute atomic E-state index is 13.2. The lowest BCUT2D eigenvalue weighted by Gasteiger charge is -2.36. The fourth-order valence-corrected chi connectivity index (χ4v) is 6.51. The maximum atomic E-state index is 13.2. The Hall–Kier alpha value is -3.43. The predicted molar refractivity (Wildman–Crippen MR) is 143 cm³/mol. The first-order valence-corrected chi connectivity index (χ1v) is 13.9. The summed E-state index contributed by atoms with van der Waals surface area (Å²) in [6, 6.07) is 19.7. The van der Waals surface area contributed by atoms with E-state index in [2.05, 4.69) is 4.90 Å². The van der Waals surface area contributed by atoms with Gasteiger partial charge in [0.1, 0.15) is 11.5 Å². The van der Waals surface area contributed by atoms with E-state index in [1.54, 1.807) is 18.1 Å². The van der Waals surface area contributed by atoms with Gasteiger partial charge in [-0.25, -0.2) is 8.42 Å². The monoisotopic (exact) mass is 541 g/mol. The number of amides is 1. The highest BCUT2D eigenvalue weighted by Gasteiger charge is 2.31. The average molecular weight is 542 g/mol. The first kappa shape index (κ1) is 25.2. The number of methoxy groups -OCH3 is 1. The highest BCUT2D eigenvalue weighted by molar-refractivity contribution is 7.92. The van der Waals surface area contributed by atoms with Crippen LogP contribution in [0.25, 0.3) is 0 Å². The van der Waals surface area contributed by atoms with Gasteiger partial charge in [-0.2, -0.15) is 0 Å². The third-order valence-electron chi connectivity index (χ3n) is 6.76. The smallest absolute Gasteiger partial charge is 0.264 e. The van der Waals surface area contributed by atoms with Gasteiger partial charge in [-0.3, -0.25) is 9.10 Å². The van der Waals surface area contributed by atoms with E-state index in [1.807, 2.05) is 42.5 Å². The number of carbonyl (C=O) groups excluding carboxylic acids is 1. The van der Waals surface area contributed by atoms with Crippen LogP contribution in [0.2, 0.25) is 5.02 Å². The molecule has 1 saturated heterocycles. The fourth-order valence-electron chi connectivity index (χ4n) is 4.68. The van der Waals surface area contributed by atoms with Crippen molar-refractivity contribution in [1.82, 2.24) is 4.90 Å². The Labute approximate surface area is 222 Å². The molecule has 2 aliphatic rings. The van der Waals surface area contributed by atoms with Crippen LogP contribution in [-0.2, 0) is 21.2 Å². The van der Waals surface area contributed by atoms with E-state index in [-0.39, 0.29) is 28.2 Å². The molecule has 3 aromatic carbocycles. The van der Waals surface area contributed by atoms with Crippen molar-refractivity contribution in [2.45, 2.75) is 11.3 Å². The molecule has 194 valence electrons. The second-order valence-corrected chi connectivity index (χ2v) is 11.2. The molecule has 2 aliphatic heterocycles. The summed E-state index contributed by atoms with van der Waals surface area (Å²) in [5.74, 6) is 0.934. The largest absolute Gasteiger partial charge is 0.497 e. The van der Waals surface area contributed by atoms with Crippen LogP contribution in [0.5, 0.6) is 11.5 Å². The number of hydrogen-bond acceptors (Lipinski definition) is 6. The lowest BCUT2D eigenvalue weighted by molar-refractivity contribution is -0.133. The van der Waals surface area contributed by atoms with Gasteiger partial charge in [0.2, 0.25) is 0 Å². The zero-order chi connectivity index (χ0) is 26.0. The molecule has 1 amide bonds. The van der Waals surface area contributed by atoms with Crippen LogP contribution < -0.4 is 18.7 Å². The number of benzene rings is 3. The number of hydrogen-bond donors (Lipinski definition) is 0. The molecule has 2 heterocycles. The highest BCUT2D eigenvalue weighted by atomic mass is 35.5. The second-order valence-electron chi connectivity index (χ2n) is 8.90. The van der Waals surface area contributed by atoms with Crippen LogP contribution in [0.4, 0.5) is 11.4 Å². The summed E-state index contributed by atoms with van der Waals surface area (Å²) in [6.07, 6.45) is 0.667. The van der Waals surface area contributed by atoms with E-state index in [0.29, 0.717) is 44.8 Å². The molecule has 8 nitrogen and oxygen atoms in total. The Morgan fingerprint density at radius 1 is 0.946 bits per heavy atom. The normalized spacial score (nSPS) is 15.5. The van der Waals surface area contributed by atoms with E-state index in [4.69, 9.17) is 21.1 Å². The molecule has 0 aromatic heterocycles. The maximum Gasteiger partial charge on any atom is 0.264 e. The molecular weight excluding hydrogens is 514 g/mol. The zero-order valence-electron chi connectivity index (χ0n) is 20.5. The molecule has 0 bridgehead atoms. The number of ether oxygens (including phenoxy) is 2. The van der Waals surface area contributed by atoms with Crippen LogP contribution in [-0.4, -0.2) is 65.7 Å². The minimum atomic E-state index is -3.77. The summed E-state index contributed by atoms with van der Waals surface area (Å²) in [5.41, 5.74) is 2.78. The number of anilines is 2. The van der Waals surface area contributed by atoms with Gasteiger partial charge in [-0.15, -0.1) is 0 Å². The quantitative estimate of drug-likeness (QED) is 0.452. The predicted octanol–water partition coefficient (Wildman–Crippen LogP) is 3.83. The molecule has 10 heteroatoms. The molecule has 0 saturated carbocycles. The molecule has 0 atom stereocenters. The highest BCUT2D eigenvalue weighted by Crippen LogP contribution is 2.35. The number of fused-ring (bicyclic) bond motifs is 1. The van der Waals surface area contributed by atoms with Gasteiger partial charge in [-0.05, 0) is 60.5 Å². The lowest BCUT2D eigenvalue weighted by atomic mass is 10.2. The number of para-hydroxylation sites is 1. The summed E-state index contributed by atoms with van der Waals surface area (Å²) >= 11 is 6.37. The lowest BCUT2D eigenvalue weighted by Crippen LogP contribution is -2.50. The Morgan fingerprint density at radius 2 is 1.68 bits per heavy atom. The average Bonchev–Trinajstić information content (AvgIpc) is 3.37. The van der Waals surface area contributed by atoms with Crippen molar-refractivity contribution in [2.75, 3.05) is 55.6 Å². The van der Waals surface area contributed by atoms with Crippen molar-refractivity contribution >= 4 is 38.9 Å². The Bertz CT molecular complexity index is 1390. The van der Waals surface area contributed by atoms with Gasteiger partial charge in [0.15, 0.2) is 6.61 Å². The first-order valence-electron chi connectivity index (χ1n) is 12.1. The van der Waals surface area contributed by atoms with Crippen LogP contribution in [0.15, 0.2) is 71.6 Å². The van der Waals surface area contributed by atoms with Crippen molar-refractivity contribution in [3.8, 4) is 11.5 Å². The molecule has 3 aromatic rings. The Morgan fingerprint density at radius 3 is 2.38 bits per heavy atom. The Balaban J connectivity index is 1.17. The summed E-state index contributed by atoms with van der Waals surface area (Å²) < 4.78 is 38.8. The Kier molecular flexibility index (Phi) is 7.17. The third kappa shape index (κ3) is 5.19. The van der Waals surface area contributed by atoms with Gasteiger partial charge in [0.05, 0.1) is 22.7 Å². The molecule has 0 radical (unpaired) electrons. The number of piperazine rings is 1. The van der Waals surface area contributed by atoms with E-state index in [1.165, 1.54) is 22.5 Å². The first-order chi connectivity index (χ1) is 17.9. The van der Waals surface area contributed by atoms with Crippen molar-refractivity contribution in [3.05, 3.63) is 77.3 Å². The molecule has 1 fully saturated rings. The summed E-state index contributed by atoms with van der Waals surface area (Å²) in [6.45, 7) is 2.80. The molecule has 0 spiro atoms. The standard InChI is InChI=1S/C27H28ClN3O5S/c1-35-22-8-6-21(7-9-22)29-14-16-30(17-15-29)27(32)19-36-26-11-10-23(18-24(26)28)37(33,34)31-13-12-20-4-2-3-5-25(20)31/h2-11,18H,12-17,19H2,1H3. The van der Waals surface area contributed by atoms with Crippen molar-refractivity contribution in [1.29, 1.82) is 0 Å². The van der Waals surface area contributed by atoms with E-state index in [9.17, 15) is 13.2 Å². The summed E-state index contributed by atoms with van der Waals surface area (Å²) in [4.78, 5) is 16.8. The van der Waals surface area contributed by atoms with Crippen molar-refractivity contribution < 1.29 is 22.7 Å².